The number of hydrogen-bond acceptors (Lipinski definition) is 5. The van der Waals surface area contributed by atoms with Gasteiger partial charge in [-0.2, -0.15) is 0 Å². The molecule has 2 heterocycles. The average Bonchev–Trinajstić information content (AvgIpc) is 2.79. The molecule has 10 heteroatoms. The molecular weight excluding hydrogens is 273 g/mol. The lowest BCUT2D eigenvalue weighted by Crippen LogP contribution is -2.34. The van der Waals surface area contributed by atoms with Crippen LogP contribution < -0.4 is 11.2 Å². The number of nitrogens with zero attached hydrogens (tertiary/aromatic N) is 4. The third-order valence-electron chi connectivity index (χ3n) is 3.00. The molecule has 1 aliphatic heterocycles. The van der Waals surface area contributed by atoms with Crippen LogP contribution in [0.25, 0.3) is 10.4 Å². The van der Waals surface area contributed by atoms with Gasteiger partial charge in [0.15, 0.2) is 0 Å². The van der Waals surface area contributed by atoms with Crippen LogP contribution >= 0.6 is 0 Å². The van der Waals surface area contributed by atoms with Crippen LogP contribution in [-0.2, 0) is 11.3 Å². The van der Waals surface area contributed by atoms with E-state index >= 15 is 0 Å². The van der Waals surface area contributed by atoms with E-state index in [1.807, 2.05) is 4.98 Å². The highest BCUT2D eigenvalue weighted by Crippen LogP contribution is 2.29. The standard InChI is InChI=1S/C10H12FN5O4/c11-6-1-8(20-7(6)4-17)16-3-5(2-13-15-12)9(18)14-10(16)19/h3,6-8,17H,1-2,4H2,(H,14,18,19)/t6?,7-,8-/m0/s1. The molecule has 1 unspecified atom stereocenters. The van der Waals surface area contributed by atoms with Gasteiger partial charge in [-0.25, -0.2) is 9.18 Å². The molecule has 3 atom stereocenters. The van der Waals surface area contributed by atoms with Crippen molar-refractivity contribution in [3.8, 4) is 0 Å². The number of aromatic nitrogens is 2. The predicted molar refractivity (Wildman–Crippen MR) is 64.7 cm³/mol. The number of rotatable bonds is 4. The largest absolute Gasteiger partial charge is 0.394 e. The molecule has 0 aliphatic carbocycles. The van der Waals surface area contributed by atoms with Crippen molar-refractivity contribution in [1.29, 1.82) is 0 Å². The average molecular weight is 285 g/mol. The van der Waals surface area contributed by atoms with Gasteiger partial charge in [0.05, 0.1) is 13.2 Å². The van der Waals surface area contributed by atoms with Crippen LogP contribution in [0.5, 0.6) is 0 Å². The van der Waals surface area contributed by atoms with E-state index in [4.69, 9.17) is 15.4 Å². The van der Waals surface area contributed by atoms with Gasteiger partial charge in [-0.3, -0.25) is 14.3 Å². The number of H-pyrrole nitrogens is 1. The van der Waals surface area contributed by atoms with Crippen molar-refractivity contribution in [2.75, 3.05) is 6.61 Å². The van der Waals surface area contributed by atoms with Crippen molar-refractivity contribution in [3.63, 3.8) is 0 Å². The van der Waals surface area contributed by atoms with Gasteiger partial charge in [-0.05, 0) is 5.53 Å². The van der Waals surface area contributed by atoms with E-state index in [2.05, 4.69) is 10.0 Å². The highest BCUT2D eigenvalue weighted by Gasteiger charge is 2.36. The van der Waals surface area contributed by atoms with Crippen molar-refractivity contribution in [1.82, 2.24) is 9.55 Å². The third kappa shape index (κ3) is 2.72. The second-order valence-electron chi connectivity index (χ2n) is 4.27. The van der Waals surface area contributed by atoms with Crippen LogP contribution in [0.3, 0.4) is 0 Å². The maximum atomic E-state index is 13.5. The molecule has 1 fully saturated rings. The molecule has 0 spiro atoms. The zero-order valence-electron chi connectivity index (χ0n) is 10.3. The number of aliphatic hydroxyl groups excluding tert-OH is 1. The first kappa shape index (κ1) is 14.3. The molecule has 2 N–H and O–H groups in total. The van der Waals surface area contributed by atoms with E-state index < -0.39 is 36.4 Å². The smallest absolute Gasteiger partial charge is 0.330 e. The van der Waals surface area contributed by atoms with E-state index in [-0.39, 0.29) is 18.5 Å². The van der Waals surface area contributed by atoms with E-state index in [0.29, 0.717) is 0 Å². The Balaban J connectivity index is 2.35. The van der Waals surface area contributed by atoms with E-state index in [9.17, 15) is 14.0 Å². The van der Waals surface area contributed by atoms with E-state index in [1.165, 1.54) is 6.20 Å². The first-order chi connectivity index (χ1) is 9.56. The Bertz CT molecular complexity index is 650. The summed E-state index contributed by atoms with van der Waals surface area (Å²) in [5.74, 6) is 0. The Labute approximate surface area is 111 Å². The Kier molecular flexibility index (Phi) is 4.18. The highest BCUT2D eigenvalue weighted by atomic mass is 19.1. The third-order valence-corrected chi connectivity index (χ3v) is 3.00. The van der Waals surface area contributed by atoms with Gasteiger partial charge in [-0.15, -0.1) is 0 Å². The molecule has 0 saturated carbocycles. The lowest BCUT2D eigenvalue weighted by Gasteiger charge is -2.14. The van der Waals surface area contributed by atoms with Crippen molar-refractivity contribution < 1.29 is 14.2 Å². The molecule has 2 rings (SSSR count). The molecule has 9 nitrogen and oxygen atoms in total. The monoisotopic (exact) mass is 285 g/mol. The van der Waals surface area contributed by atoms with Crippen LogP contribution in [0.15, 0.2) is 20.9 Å². The van der Waals surface area contributed by atoms with Crippen molar-refractivity contribution in [2.24, 2.45) is 5.11 Å². The minimum atomic E-state index is -1.40. The Morgan fingerprint density at radius 1 is 1.65 bits per heavy atom. The molecule has 1 aliphatic rings. The van der Waals surface area contributed by atoms with Crippen molar-refractivity contribution in [3.05, 3.63) is 43.0 Å². The minimum Gasteiger partial charge on any atom is -0.394 e. The molecular formula is C10H12FN5O4. The molecule has 1 saturated heterocycles. The van der Waals surface area contributed by atoms with Crippen molar-refractivity contribution in [2.45, 2.75) is 31.5 Å². The van der Waals surface area contributed by atoms with Crippen LogP contribution in [0.2, 0.25) is 0 Å². The Morgan fingerprint density at radius 2 is 2.40 bits per heavy atom. The summed E-state index contributed by atoms with van der Waals surface area (Å²) < 4.78 is 19.7. The summed E-state index contributed by atoms with van der Waals surface area (Å²) >= 11 is 0. The normalized spacial score (nSPS) is 25.4. The van der Waals surface area contributed by atoms with Crippen LogP contribution in [0, 0.1) is 0 Å². The Hall–Kier alpha value is -2.16. The molecule has 0 amide bonds. The van der Waals surface area contributed by atoms with Gasteiger partial charge in [0.2, 0.25) is 0 Å². The van der Waals surface area contributed by atoms with Gasteiger partial charge >= 0.3 is 5.69 Å². The fourth-order valence-corrected chi connectivity index (χ4v) is 1.98. The second kappa shape index (κ2) is 5.87. The lowest BCUT2D eigenvalue weighted by atomic mass is 10.2. The maximum absolute atomic E-state index is 13.5. The summed E-state index contributed by atoms with van der Waals surface area (Å²) in [6.07, 6.45) is -2.26. The van der Waals surface area contributed by atoms with Gasteiger partial charge in [0.25, 0.3) is 5.56 Å². The summed E-state index contributed by atoms with van der Waals surface area (Å²) in [4.78, 5) is 27.7. The summed E-state index contributed by atoms with van der Waals surface area (Å²) in [5, 5.41) is 12.2. The molecule has 20 heavy (non-hydrogen) atoms. The molecule has 0 aromatic carbocycles. The van der Waals surface area contributed by atoms with E-state index in [0.717, 1.165) is 4.57 Å². The first-order valence-corrected chi connectivity index (χ1v) is 5.82. The zero-order valence-corrected chi connectivity index (χ0v) is 10.3. The molecule has 108 valence electrons. The summed E-state index contributed by atoms with van der Waals surface area (Å²) in [7, 11) is 0. The minimum absolute atomic E-state index is 0.0638. The fraction of sp³-hybridized carbons (Fsp3) is 0.600. The van der Waals surface area contributed by atoms with Gasteiger partial charge in [0.1, 0.15) is 18.5 Å². The summed E-state index contributed by atoms with van der Waals surface area (Å²) in [6, 6.07) is 0. The predicted octanol–water partition coefficient (Wildman–Crippen LogP) is -0.0352. The molecule has 0 radical (unpaired) electrons. The fourth-order valence-electron chi connectivity index (χ4n) is 1.98. The summed E-state index contributed by atoms with van der Waals surface area (Å²) in [5.41, 5.74) is 6.87. The zero-order chi connectivity index (χ0) is 14.7. The highest BCUT2D eigenvalue weighted by molar-refractivity contribution is 5.05. The first-order valence-electron chi connectivity index (χ1n) is 5.82. The second-order valence-corrected chi connectivity index (χ2v) is 4.27. The molecule has 1 aromatic rings. The number of ether oxygens (including phenoxy) is 1. The van der Waals surface area contributed by atoms with Crippen LogP contribution in [-0.4, -0.2) is 33.5 Å². The number of nitrogens with one attached hydrogen (secondary N) is 1. The lowest BCUT2D eigenvalue weighted by molar-refractivity contribution is -0.0357. The number of hydrogen-bond donors (Lipinski definition) is 2. The SMILES string of the molecule is [N-]=[N+]=NCc1cn([C@@H]2CC(F)[C@H](CO)O2)c(=O)[nH]c1=O. The van der Waals surface area contributed by atoms with E-state index in [1.54, 1.807) is 0 Å². The van der Waals surface area contributed by atoms with Gasteiger partial charge < -0.3 is 9.84 Å². The number of aliphatic hydroxyl groups is 1. The number of aromatic amines is 1. The van der Waals surface area contributed by atoms with Gasteiger partial charge in [-0.1, -0.05) is 5.11 Å². The quantitative estimate of drug-likeness (QED) is 0.456. The van der Waals surface area contributed by atoms with Crippen LogP contribution in [0.1, 0.15) is 18.2 Å². The van der Waals surface area contributed by atoms with Gasteiger partial charge in [0, 0.05) is 23.1 Å². The number of azide groups is 1. The molecule has 0 bridgehead atoms. The Morgan fingerprint density at radius 3 is 3.00 bits per heavy atom. The number of alkyl halides is 1. The van der Waals surface area contributed by atoms with Crippen molar-refractivity contribution >= 4 is 0 Å². The maximum Gasteiger partial charge on any atom is 0.330 e. The molecule has 1 aromatic heterocycles. The number of halogens is 1. The topological polar surface area (TPSA) is 133 Å². The van der Waals surface area contributed by atoms with Crippen LogP contribution in [0.4, 0.5) is 4.39 Å². The summed E-state index contributed by atoms with van der Waals surface area (Å²) in [6.45, 7) is -0.733.